The van der Waals surface area contributed by atoms with Crippen LogP contribution in [0, 0.1) is 11.3 Å². The zero-order valence-electron chi connectivity index (χ0n) is 8.19. The molecule has 0 bridgehead atoms. The van der Waals surface area contributed by atoms with Gasteiger partial charge in [-0.1, -0.05) is 0 Å². The number of nitriles is 1. The maximum atomic E-state index is 11.4. The monoisotopic (exact) mass is 192 g/mol. The van der Waals surface area contributed by atoms with Gasteiger partial charge in [-0.15, -0.1) is 0 Å². The fourth-order valence-electron chi connectivity index (χ4n) is 1.02. The second-order valence-corrected chi connectivity index (χ2v) is 3.16. The first-order chi connectivity index (χ1) is 6.63. The summed E-state index contributed by atoms with van der Waals surface area (Å²) in [6, 6.07) is 1.85. The minimum Gasteiger partial charge on any atom is -0.347 e. The van der Waals surface area contributed by atoms with Crippen LogP contribution in [0.2, 0.25) is 0 Å². The van der Waals surface area contributed by atoms with Gasteiger partial charge in [0.2, 0.25) is 0 Å². The number of carbonyl (C=O) groups is 1. The van der Waals surface area contributed by atoms with Crippen molar-refractivity contribution in [2.45, 2.75) is 19.4 Å². The number of amides is 1. The summed E-state index contributed by atoms with van der Waals surface area (Å²) in [5.41, 5.74) is 0.372. The van der Waals surface area contributed by atoms with Crippen LogP contribution in [0.5, 0.6) is 0 Å². The lowest BCUT2D eigenvalue weighted by atomic mass is 10.2. The van der Waals surface area contributed by atoms with Gasteiger partial charge in [0.1, 0.15) is 5.69 Å². The van der Waals surface area contributed by atoms with Gasteiger partial charge in [0.15, 0.2) is 0 Å². The van der Waals surface area contributed by atoms with Crippen molar-refractivity contribution in [2.24, 2.45) is 7.05 Å². The highest BCUT2D eigenvalue weighted by Crippen LogP contribution is 1.96. The van der Waals surface area contributed by atoms with Crippen LogP contribution < -0.4 is 5.32 Å². The molecule has 0 aliphatic heterocycles. The molecule has 0 radical (unpaired) electrons. The van der Waals surface area contributed by atoms with E-state index in [2.05, 4.69) is 10.3 Å². The molecule has 5 heteroatoms. The third-order valence-electron chi connectivity index (χ3n) is 1.71. The minimum atomic E-state index is -0.242. The van der Waals surface area contributed by atoms with Gasteiger partial charge in [-0.2, -0.15) is 5.26 Å². The Balaban J connectivity index is 2.55. The molecule has 1 rings (SSSR count). The SMILES string of the molecule is CC(CC#N)NC(=O)c1cn(C)cn1. The molecule has 0 aliphatic carbocycles. The van der Waals surface area contributed by atoms with Gasteiger partial charge in [0.25, 0.3) is 5.91 Å². The summed E-state index contributed by atoms with van der Waals surface area (Å²) < 4.78 is 1.70. The molecule has 1 atom stereocenters. The number of carbonyl (C=O) groups excluding carboxylic acids is 1. The Bertz CT molecular complexity index is 363. The molecular weight excluding hydrogens is 180 g/mol. The first kappa shape index (κ1) is 10.3. The maximum Gasteiger partial charge on any atom is 0.271 e. The van der Waals surface area contributed by atoms with Crippen LogP contribution in [0.25, 0.3) is 0 Å². The standard InChI is InChI=1S/C9H12N4O/c1-7(3-4-10)12-9(14)8-5-13(2)6-11-8/h5-7H,3H2,1-2H3,(H,12,14). The summed E-state index contributed by atoms with van der Waals surface area (Å²) in [4.78, 5) is 15.3. The predicted molar refractivity (Wildman–Crippen MR) is 50.4 cm³/mol. The van der Waals surface area contributed by atoms with Crippen LogP contribution in [0.3, 0.4) is 0 Å². The fraction of sp³-hybridized carbons (Fsp3) is 0.444. The number of aromatic nitrogens is 2. The number of rotatable bonds is 3. The highest BCUT2D eigenvalue weighted by molar-refractivity contribution is 5.92. The molecule has 0 saturated heterocycles. The van der Waals surface area contributed by atoms with Crippen molar-refractivity contribution in [3.63, 3.8) is 0 Å². The number of aryl methyl sites for hydroxylation is 1. The van der Waals surface area contributed by atoms with Crippen molar-refractivity contribution < 1.29 is 4.79 Å². The molecular formula is C9H12N4O. The Morgan fingerprint density at radius 2 is 2.57 bits per heavy atom. The third-order valence-corrected chi connectivity index (χ3v) is 1.71. The van der Waals surface area contributed by atoms with Crippen LogP contribution in [-0.2, 0) is 7.05 Å². The highest BCUT2D eigenvalue weighted by Gasteiger charge is 2.11. The molecule has 0 aromatic carbocycles. The molecule has 0 aliphatic rings. The molecule has 1 unspecified atom stereocenters. The van der Waals surface area contributed by atoms with E-state index >= 15 is 0 Å². The van der Waals surface area contributed by atoms with Crippen molar-refractivity contribution in [3.8, 4) is 6.07 Å². The third kappa shape index (κ3) is 2.59. The smallest absolute Gasteiger partial charge is 0.271 e. The van der Waals surface area contributed by atoms with Crippen molar-refractivity contribution in [1.29, 1.82) is 5.26 Å². The largest absolute Gasteiger partial charge is 0.347 e. The summed E-state index contributed by atoms with van der Waals surface area (Å²) in [5.74, 6) is -0.242. The summed E-state index contributed by atoms with van der Waals surface area (Å²) in [6.45, 7) is 1.78. The lowest BCUT2D eigenvalue weighted by molar-refractivity contribution is 0.0936. The van der Waals surface area contributed by atoms with Crippen molar-refractivity contribution in [2.75, 3.05) is 0 Å². The Labute approximate surface area is 82.4 Å². The highest BCUT2D eigenvalue weighted by atomic mass is 16.1. The van der Waals surface area contributed by atoms with Gasteiger partial charge in [-0.3, -0.25) is 4.79 Å². The minimum absolute atomic E-state index is 0.144. The molecule has 5 nitrogen and oxygen atoms in total. The maximum absolute atomic E-state index is 11.4. The molecule has 0 fully saturated rings. The Morgan fingerprint density at radius 1 is 1.86 bits per heavy atom. The van der Waals surface area contributed by atoms with E-state index in [-0.39, 0.29) is 11.9 Å². The topological polar surface area (TPSA) is 70.7 Å². The quantitative estimate of drug-likeness (QED) is 0.755. The Kier molecular flexibility index (Phi) is 3.24. The molecule has 74 valence electrons. The average molecular weight is 192 g/mol. The lowest BCUT2D eigenvalue weighted by Gasteiger charge is -2.07. The van der Waals surface area contributed by atoms with Crippen LogP contribution >= 0.6 is 0 Å². The van der Waals surface area contributed by atoms with E-state index in [0.29, 0.717) is 12.1 Å². The van der Waals surface area contributed by atoms with Crippen LogP contribution in [0.15, 0.2) is 12.5 Å². The molecule has 1 amide bonds. The van der Waals surface area contributed by atoms with E-state index in [1.165, 1.54) is 0 Å². The Hall–Kier alpha value is -1.83. The second-order valence-electron chi connectivity index (χ2n) is 3.16. The van der Waals surface area contributed by atoms with Gasteiger partial charge in [-0.25, -0.2) is 4.98 Å². The molecule has 0 spiro atoms. The summed E-state index contributed by atoms with van der Waals surface area (Å²) in [6.07, 6.45) is 3.50. The number of nitrogens with zero attached hydrogens (tertiary/aromatic N) is 3. The van der Waals surface area contributed by atoms with E-state index in [9.17, 15) is 4.79 Å². The van der Waals surface area contributed by atoms with Gasteiger partial charge in [-0.05, 0) is 6.92 Å². The van der Waals surface area contributed by atoms with Gasteiger partial charge < -0.3 is 9.88 Å². The van der Waals surface area contributed by atoms with Crippen LogP contribution in [0.4, 0.5) is 0 Å². The van der Waals surface area contributed by atoms with E-state index in [4.69, 9.17) is 5.26 Å². The van der Waals surface area contributed by atoms with Crippen LogP contribution in [0.1, 0.15) is 23.8 Å². The number of nitrogens with one attached hydrogen (secondary N) is 1. The summed E-state index contributed by atoms with van der Waals surface area (Å²) >= 11 is 0. The molecule has 14 heavy (non-hydrogen) atoms. The first-order valence-corrected chi connectivity index (χ1v) is 4.29. The fourth-order valence-corrected chi connectivity index (χ4v) is 1.02. The molecule has 1 N–H and O–H groups in total. The number of hydrogen-bond donors (Lipinski definition) is 1. The van der Waals surface area contributed by atoms with Gasteiger partial charge >= 0.3 is 0 Å². The van der Waals surface area contributed by atoms with Crippen molar-refractivity contribution >= 4 is 5.91 Å². The Morgan fingerprint density at radius 3 is 3.07 bits per heavy atom. The zero-order chi connectivity index (χ0) is 10.6. The van der Waals surface area contributed by atoms with Gasteiger partial charge in [0.05, 0.1) is 18.8 Å². The lowest BCUT2D eigenvalue weighted by Crippen LogP contribution is -2.32. The van der Waals surface area contributed by atoms with E-state index < -0.39 is 0 Å². The summed E-state index contributed by atoms with van der Waals surface area (Å²) in [7, 11) is 1.79. The zero-order valence-corrected chi connectivity index (χ0v) is 8.19. The molecule has 0 saturated carbocycles. The second kappa shape index (κ2) is 4.42. The molecule has 1 aromatic heterocycles. The summed E-state index contributed by atoms with van der Waals surface area (Å²) in [5, 5.41) is 11.1. The molecule has 1 aromatic rings. The predicted octanol–water partition coefficient (Wildman–Crippen LogP) is 0.452. The van der Waals surface area contributed by atoms with E-state index in [1.807, 2.05) is 6.07 Å². The number of imidazole rings is 1. The van der Waals surface area contributed by atoms with Gasteiger partial charge in [0, 0.05) is 19.3 Å². The normalized spacial score (nSPS) is 11.8. The van der Waals surface area contributed by atoms with E-state index in [1.54, 1.807) is 31.1 Å². The van der Waals surface area contributed by atoms with Crippen LogP contribution in [-0.4, -0.2) is 21.5 Å². The van der Waals surface area contributed by atoms with Crippen molar-refractivity contribution in [1.82, 2.24) is 14.9 Å². The van der Waals surface area contributed by atoms with Crippen molar-refractivity contribution in [3.05, 3.63) is 18.2 Å². The van der Waals surface area contributed by atoms with E-state index in [0.717, 1.165) is 0 Å². The first-order valence-electron chi connectivity index (χ1n) is 4.29. The number of hydrogen-bond acceptors (Lipinski definition) is 3. The average Bonchev–Trinajstić information content (AvgIpc) is 2.52. The molecule has 1 heterocycles.